The summed E-state index contributed by atoms with van der Waals surface area (Å²) in [6.07, 6.45) is 0. The molecule has 0 bridgehead atoms. The molecule has 6 nitrogen and oxygen atoms in total. The third-order valence-corrected chi connectivity index (χ3v) is 6.21. The summed E-state index contributed by atoms with van der Waals surface area (Å²) in [5.74, 6) is 0.385. The average Bonchev–Trinajstić information content (AvgIpc) is 3.09. The van der Waals surface area contributed by atoms with Gasteiger partial charge in [-0.15, -0.1) is 12.4 Å². The molecule has 1 aromatic carbocycles. The SMILES string of the molecule is CCOC(=O)c1ccc(S(=O)(=O)N2C[C@H]3CNC[C@H]3C2)cc1.Cl. The lowest BCUT2D eigenvalue weighted by molar-refractivity contribution is 0.0526. The predicted octanol–water partition coefficient (Wildman–Crippen LogP) is 1.13. The minimum atomic E-state index is -3.48. The van der Waals surface area contributed by atoms with E-state index in [1.165, 1.54) is 24.3 Å². The summed E-state index contributed by atoms with van der Waals surface area (Å²) < 4.78 is 31.8. The number of esters is 1. The van der Waals surface area contributed by atoms with Crippen molar-refractivity contribution in [1.82, 2.24) is 9.62 Å². The molecule has 3 rings (SSSR count). The Bertz CT molecular complexity index is 651. The van der Waals surface area contributed by atoms with Crippen LogP contribution in [-0.4, -0.2) is 51.5 Å². The van der Waals surface area contributed by atoms with Crippen LogP contribution in [0.5, 0.6) is 0 Å². The van der Waals surface area contributed by atoms with Crippen LogP contribution >= 0.6 is 12.4 Å². The monoisotopic (exact) mass is 360 g/mol. The standard InChI is InChI=1S/C15H20N2O4S.ClH/c1-2-21-15(18)11-3-5-14(6-4-11)22(19,20)17-9-12-7-16-8-13(12)10-17;/h3-6,12-13,16H,2,7-10H2,1H3;1H/t12-,13+;. The number of benzene rings is 1. The molecule has 0 saturated carbocycles. The van der Waals surface area contributed by atoms with Crippen LogP contribution in [0.1, 0.15) is 17.3 Å². The molecule has 2 heterocycles. The molecule has 2 aliphatic rings. The summed E-state index contributed by atoms with van der Waals surface area (Å²) in [7, 11) is -3.48. The Labute approximate surface area is 142 Å². The van der Waals surface area contributed by atoms with Crippen LogP contribution in [0, 0.1) is 11.8 Å². The van der Waals surface area contributed by atoms with E-state index in [9.17, 15) is 13.2 Å². The Balaban J connectivity index is 0.00000192. The molecule has 23 heavy (non-hydrogen) atoms. The summed E-state index contributed by atoms with van der Waals surface area (Å²) in [6, 6.07) is 5.97. The van der Waals surface area contributed by atoms with Crippen LogP contribution < -0.4 is 5.32 Å². The molecule has 0 aliphatic carbocycles. The van der Waals surface area contributed by atoms with E-state index in [0.29, 0.717) is 37.1 Å². The van der Waals surface area contributed by atoms with Crippen molar-refractivity contribution in [2.24, 2.45) is 11.8 Å². The number of carbonyl (C=O) groups excluding carboxylic acids is 1. The van der Waals surface area contributed by atoms with Gasteiger partial charge in [0, 0.05) is 13.1 Å². The van der Waals surface area contributed by atoms with Crippen LogP contribution in [0.4, 0.5) is 0 Å². The highest BCUT2D eigenvalue weighted by atomic mass is 35.5. The maximum atomic E-state index is 12.7. The summed E-state index contributed by atoms with van der Waals surface area (Å²) in [5.41, 5.74) is 0.364. The maximum Gasteiger partial charge on any atom is 0.338 e. The molecule has 0 unspecified atom stereocenters. The van der Waals surface area contributed by atoms with Crippen molar-refractivity contribution in [3.63, 3.8) is 0 Å². The topological polar surface area (TPSA) is 75.7 Å². The van der Waals surface area contributed by atoms with Gasteiger partial charge in [0.15, 0.2) is 0 Å². The molecule has 2 atom stereocenters. The average molecular weight is 361 g/mol. The summed E-state index contributed by atoms with van der Waals surface area (Å²) >= 11 is 0. The Morgan fingerprint density at radius 3 is 2.30 bits per heavy atom. The normalized spacial score (nSPS) is 24.0. The van der Waals surface area contributed by atoms with E-state index in [2.05, 4.69) is 5.32 Å². The Kier molecular flexibility index (Phi) is 5.67. The molecule has 8 heteroatoms. The van der Waals surface area contributed by atoms with Gasteiger partial charge in [-0.05, 0) is 56.1 Å². The Morgan fingerprint density at radius 2 is 1.78 bits per heavy atom. The van der Waals surface area contributed by atoms with Crippen LogP contribution in [0.15, 0.2) is 29.2 Å². The Hall–Kier alpha value is -1.15. The highest BCUT2D eigenvalue weighted by molar-refractivity contribution is 7.89. The molecule has 2 saturated heterocycles. The van der Waals surface area contributed by atoms with E-state index in [-0.39, 0.29) is 17.3 Å². The van der Waals surface area contributed by atoms with Crippen LogP contribution in [0.25, 0.3) is 0 Å². The molecule has 1 N–H and O–H groups in total. The molecule has 128 valence electrons. The number of fused-ring (bicyclic) bond motifs is 1. The van der Waals surface area contributed by atoms with Crippen molar-refractivity contribution in [3.8, 4) is 0 Å². The van der Waals surface area contributed by atoms with Crippen LogP contribution in [0.3, 0.4) is 0 Å². The number of hydrogen-bond donors (Lipinski definition) is 1. The quantitative estimate of drug-likeness (QED) is 0.814. The first-order valence-electron chi connectivity index (χ1n) is 7.50. The molecule has 2 fully saturated rings. The minimum absolute atomic E-state index is 0. The largest absolute Gasteiger partial charge is 0.462 e. The third kappa shape index (κ3) is 3.52. The van der Waals surface area contributed by atoms with Crippen molar-refractivity contribution in [3.05, 3.63) is 29.8 Å². The van der Waals surface area contributed by atoms with Gasteiger partial charge in [-0.2, -0.15) is 4.31 Å². The van der Waals surface area contributed by atoms with Gasteiger partial charge in [0.05, 0.1) is 17.1 Å². The summed E-state index contributed by atoms with van der Waals surface area (Å²) in [5, 5.41) is 3.30. The smallest absolute Gasteiger partial charge is 0.338 e. The second kappa shape index (κ2) is 7.17. The number of sulfonamides is 1. The molecule has 1 aromatic rings. The number of nitrogens with zero attached hydrogens (tertiary/aromatic N) is 1. The van der Waals surface area contributed by atoms with E-state index in [1.54, 1.807) is 11.2 Å². The van der Waals surface area contributed by atoms with Gasteiger partial charge >= 0.3 is 5.97 Å². The van der Waals surface area contributed by atoms with E-state index in [4.69, 9.17) is 4.74 Å². The lowest BCUT2D eigenvalue weighted by Gasteiger charge is -2.17. The van der Waals surface area contributed by atoms with E-state index < -0.39 is 16.0 Å². The first-order valence-corrected chi connectivity index (χ1v) is 8.94. The first kappa shape index (κ1) is 18.2. The molecular formula is C15H21ClN2O4S. The maximum absolute atomic E-state index is 12.7. The van der Waals surface area contributed by atoms with Crippen molar-refractivity contribution in [1.29, 1.82) is 0 Å². The van der Waals surface area contributed by atoms with Gasteiger partial charge < -0.3 is 10.1 Å². The third-order valence-electron chi connectivity index (χ3n) is 4.36. The van der Waals surface area contributed by atoms with Crippen molar-refractivity contribution >= 4 is 28.4 Å². The lowest BCUT2D eigenvalue weighted by Crippen LogP contribution is -2.32. The zero-order valence-corrected chi connectivity index (χ0v) is 14.5. The van der Waals surface area contributed by atoms with Gasteiger partial charge in [-0.3, -0.25) is 0 Å². The van der Waals surface area contributed by atoms with Gasteiger partial charge in [-0.25, -0.2) is 13.2 Å². The molecule has 0 radical (unpaired) electrons. The van der Waals surface area contributed by atoms with Gasteiger partial charge in [0.1, 0.15) is 0 Å². The number of halogens is 1. The van der Waals surface area contributed by atoms with Crippen LogP contribution in [0.2, 0.25) is 0 Å². The lowest BCUT2D eigenvalue weighted by atomic mass is 10.0. The molecule has 0 amide bonds. The second-order valence-corrected chi connectivity index (χ2v) is 7.68. The van der Waals surface area contributed by atoms with E-state index in [1.807, 2.05) is 0 Å². The zero-order valence-electron chi connectivity index (χ0n) is 12.9. The minimum Gasteiger partial charge on any atom is -0.462 e. The fourth-order valence-electron chi connectivity index (χ4n) is 3.14. The molecule has 0 aromatic heterocycles. The van der Waals surface area contributed by atoms with E-state index in [0.717, 1.165) is 13.1 Å². The van der Waals surface area contributed by atoms with Gasteiger partial charge in [0.2, 0.25) is 10.0 Å². The van der Waals surface area contributed by atoms with Crippen molar-refractivity contribution < 1.29 is 17.9 Å². The predicted molar refractivity (Wildman–Crippen MR) is 88.3 cm³/mol. The van der Waals surface area contributed by atoms with Crippen molar-refractivity contribution in [2.45, 2.75) is 11.8 Å². The van der Waals surface area contributed by atoms with Gasteiger partial charge in [0.25, 0.3) is 0 Å². The van der Waals surface area contributed by atoms with Crippen molar-refractivity contribution in [2.75, 3.05) is 32.8 Å². The fourth-order valence-corrected chi connectivity index (χ4v) is 4.69. The highest BCUT2D eigenvalue weighted by Gasteiger charge is 2.41. The fraction of sp³-hybridized carbons (Fsp3) is 0.533. The van der Waals surface area contributed by atoms with Gasteiger partial charge in [-0.1, -0.05) is 0 Å². The first-order chi connectivity index (χ1) is 10.5. The molecule has 0 spiro atoms. The summed E-state index contributed by atoms with van der Waals surface area (Å²) in [6.45, 7) is 4.94. The number of nitrogens with one attached hydrogen (secondary N) is 1. The van der Waals surface area contributed by atoms with Crippen LogP contribution in [-0.2, 0) is 14.8 Å². The Morgan fingerprint density at radius 1 is 1.22 bits per heavy atom. The molecular weight excluding hydrogens is 340 g/mol. The molecule has 2 aliphatic heterocycles. The highest BCUT2D eigenvalue weighted by Crippen LogP contribution is 2.30. The number of hydrogen-bond acceptors (Lipinski definition) is 5. The summed E-state index contributed by atoms with van der Waals surface area (Å²) in [4.78, 5) is 11.8. The number of rotatable bonds is 4. The second-order valence-electron chi connectivity index (χ2n) is 5.75. The number of ether oxygens (including phenoxy) is 1. The number of carbonyl (C=O) groups is 1. The zero-order chi connectivity index (χ0) is 15.7. The van der Waals surface area contributed by atoms with E-state index >= 15 is 0 Å².